The van der Waals surface area contributed by atoms with Crippen molar-refractivity contribution < 1.29 is 9.13 Å². The number of nitrogens with zero attached hydrogens (tertiary/aromatic N) is 2. The molecule has 0 aromatic heterocycles. The third-order valence-corrected chi connectivity index (χ3v) is 7.64. The molecule has 1 aromatic rings. The highest BCUT2D eigenvalue weighted by Crippen LogP contribution is 2.53. The molecule has 3 fully saturated rings. The van der Waals surface area contributed by atoms with Crippen LogP contribution in [0.4, 0.5) is 15.8 Å². The van der Waals surface area contributed by atoms with Gasteiger partial charge < -0.3 is 14.5 Å². The third-order valence-electron chi connectivity index (χ3n) is 7.64. The molecule has 2 aliphatic heterocycles. The minimum Gasteiger partial charge on any atom is -0.492 e. The summed E-state index contributed by atoms with van der Waals surface area (Å²) in [5.74, 6) is 2.35. The Kier molecular flexibility index (Phi) is 4.56. The summed E-state index contributed by atoms with van der Waals surface area (Å²) in [4.78, 5) is 4.70. The average Bonchev–Trinajstić information content (AvgIpc) is 3.46. The maximum absolute atomic E-state index is 15.5. The molecular weight excluding hydrogens is 351 g/mol. The molecule has 3 atom stereocenters. The van der Waals surface area contributed by atoms with E-state index < -0.39 is 0 Å². The lowest BCUT2D eigenvalue weighted by Crippen LogP contribution is -2.29. The number of benzene rings is 1. The summed E-state index contributed by atoms with van der Waals surface area (Å²) in [6.45, 7) is 6.37. The maximum atomic E-state index is 15.5. The second-order valence-electron chi connectivity index (χ2n) is 9.31. The van der Waals surface area contributed by atoms with Crippen LogP contribution in [0.1, 0.15) is 70.3 Å². The molecule has 4 heteroatoms. The van der Waals surface area contributed by atoms with Crippen LogP contribution in [0.15, 0.2) is 17.8 Å². The van der Waals surface area contributed by atoms with Gasteiger partial charge in [0.15, 0.2) is 11.6 Å². The zero-order chi connectivity index (χ0) is 19.4. The summed E-state index contributed by atoms with van der Waals surface area (Å²) < 4.78 is 21.5. The number of allylic oxidation sites excluding steroid dienone is 1. The van der Waals surface area contributed by atoms with E-state index in [1.54, 1.807) is 7.11 Å². The van der Waals surface area contributed by atoms with Gasteiger partial charge in [-0.05, 0) is 61.1 Å². The molecule has 1 saturated heterocycles. The van der Waals surface area contributed by atoms with Crippen LogP contribution in [0.3, 0.4) is 0 Å². The van der Waals surface area contributed by atoms with Crippen LogP contribution in [-0.4, -0.2) is 26.2 Å². The van der Waals surface area contributed by atoms with E-state index in [4.69, 9.17) is 4.74 Å². The van der Waals surface area contributed by atoms with Crippen LogP contribution in [0.5, 0.6) is 5.75 Å². The fourth-order valence-electron chi connectivity index (χ4n) is 5.89. The van der Waals surface area contributed by atoms with E-state index in [0.717, 1.165) is 48.3 Å². The highest BCUT2D eigenvalue weighted by molar-refractivity contribution is 5.81. The predicted molar refractivity (Wildman–Crippen MR) is 113 cm³/mol. The fraction of sp³-hybridized carbons (Fsp3) is 0.667. The van der Waals surface area contributed by atoms with Crippen molar-refractivity contribution in [2.45, 2.75) is 70.8 Å². The Morgan fingerprint density at radius 2 is 1.75 bits per heavy atom. The smallest absolute Gasteiger partial charge is 0.169 e. The molecule has 2 aliphatic carbocycles. The summed E-state index contributed by atoms with van der Waals surface area (Å²) in [6, 6.07) is 2.36. The van der Waals surface area contributed by atoms with Crippen LogP contribution in [-0.2, 0) is 0 Å². The van der Waals surface area contributed by atoms with Gasteiger partial charge in [-0.3, -0.25) is 0 Å². The Hall–Kier alpha value is -1.71. The van der Waals surface area contributed by atoms with Crippen molar-refractivity contribution in [2.24, 2.45) is 11.8 Å². The molecule has 4 aliphatic rings. The number of hydrogen-bond acceptors (Lipinski definition) is 3. The molecule has 5 rings (SSSR count). The van der Waals surface area contributed by atoms with E-state index in [0.29, 0.717) is 11.7 Å². The molecule has 1 unspecified atom stereocenters. The minimum absolute atomic E-state index is 0.103. The lowest BCUT2D eigenvalue weighted by Gasteiger charge is -2.36. The molecular formula is C24H33FN2O. The number of rotatable bonds is 4. The summed E-state index contributed by atoms with van der Waals surface area (Å²) in [6.07, 6.45) is 11.0. The molecule has 2 saturated carbocycles. The maximum Gasteiger partial charge on any atom is 0.169 e. The normalized spacial score (nSPS) is 29.4. The second-order valence-corrected chi connectivity index (χ2v) is 9.31. The summed E-state index contributed by atoms with van der Waals surface area (Å²) in [5, 5.41) is 0. The van der Waals surface area contributed by atoms with Gasteiger partial charge in [0.05, 0.1) is 12.8 Å². The van der Waals surface area contributed by atoms with Gasteiger partial charge in [-0.1, -0.05) is 26.7 Å². The quantitative estimate of drug-likeness (QED) is 0.648. The number of methoxy groups -OCH3 is 1. The molecule has 0 bridgehead atoms. The topological polar surface area (TPSA) is 15.7 Å². The molecule has 1 aromatic carbocycles. The zero-order valence-electron chi connectivity index (χ0n) is 17.5. The van der Waals surface area contributed by atoms with Gasteiger partial charge in [-0.15, -0.1) is 0 Å². The Morgan fingerprint density at radius 3 is 2.32 bits per heavy atom. The third kappa shape index (κ3) is 2.83. The van der Waals surface area contributed by atoms with Crippen LogP contribution in [0.2, 0.25) is 0 Å². The van der Waals surface area contributed by atoms with Crippen molar-refractivity contribution in [1.29, 1.82) is 0 Å². The second kappa shape index (κ2) is 6.96. The zero-order valence-corrected chi connectivity index (χ0v) is 17.5. The summed E-state index contributed by atoms with van der Waals surface area (Å²) in [7, 11) is 1.72. The fourth-order valence-corrected chi connectivity index (χ4v) is 5.89. The first-order valence-electron chi connectivity index (χ1n) is 11.3. The number of hydrogen-bond donors (Lipinski definition) is 0. The molecule has 0 spiro atoms. The Bertz CT molecular complexity index is 786. The molecule has 0 radical (unpaired) electrons. The summed E-state index contributed by atoms with van der Waals surface area (Å²) in [5.41, 5.74) is 4.32. The first-order chi connectivity index (χ1) is 13.6. The number of ether oxygens (including phenoxy) is 1. The van der Waals surface area contributed by atoms with Gasteiger partial charge in [-0.2, -0.15) is 0 Å². The Morgan fingerprint density at radius 1 is 1.07 bits per heavy atom. The standard InChI is InChI=1S/C24H33FN2O/c1-4-16-14-27(19-9-10-19)22-20(15(16)2)11-21(25)23(24(22)28-3)26-12-17-7-5-6-8-18(17)13-26/h11,14-15,17-19H,4-10,12-13H2,1-3H3/t15?,17-,18+. The lowest BCUT2D eigenvalue weighted by molar-refractivity contribution is 0.299. The number of halogens is 1. The molecule has 2 heterocycles. The largest absolute Gasteiger partial charge is 0.492 e. The molecule has 28 heavy (non-hydrogen) atoms. The monoisotopic (exact) mass is 384 g/mol. The molecule has 0 N–H and O–H groups in total. The molecule has 3 nitrogen and oxygen atoms in total. The first-order valence-corrected chi connectivity index (χ1v) is 11.3. The van der Waals surface area contributed by atoms with E-state index in [1.165, 1.54) is 44.1 Å². The van der Waals surface area contributed by atoms with Crippen molar-refractivity contribution in [2.75, 3.05) is 30.0 Å². The van der Waals surface area contributed by atoms with E-state index in [2.05, 4.69) is 29.8 Å². The van der Waals surface area contributed by atoms with Gasteiger partial charge in [0.25, 0.3) is 0 Å². The van der Waals surface area contributed by atoms with Gasteiger partial charge >= 0.3 is 0 Å². The van der Waals surface area contributed by atoms with Crippen molar-refractivity contribution >= 4 is 11.4 Å². The van der Waals surface area contributed by atoms with Crippen molar-refractivity contribution in [3.8, 4) is 5.75 Å². The van der Waals surface area contributed by atoms with Gasteiger partial charge in [-0.25, -0.2) is 4.39 Å². The number of fused-ring (bicyclic) bond motifs is 2. The summed E-state index contributed by atoms with van der Waals surface area (Å²) >= 11 is 0. The van der Waals surface area contributed by atoms with E-state index in [-0.39, 0.29) is 11.7 Å². The molecule has 0 amide bonds. The van der Waals surface area contributed by atoms with Crippen LogP contribution in [0.25, 0.3) is 0 Å². The minimum atomic E-state index is -0.103. The van der Waals surface area contributed by atoms with Crippen LogP contribution < -0.4 is 14.5 Å². The van der Waals surface area contributed by atoms with E-state index in [9.17, 15) is 0 Å². The first kappa shape index (κ1) is 18.3. The highest BCUT2D eigenvalue weighted by Gasteiger charge is 2.41. The molecule has 152 valence electrons. The lowest BCUT2D eigenvalue weighted by atomic mass is 9.82. The van der Waals surface area contributed by atoms with Gasteiger partial charge in [0.1, 0.15) is 5.69 Å². The van der Waals surface area contributed by atoms with Gasteiger partial charge in [0, 0.05) is 31.2 Å². The van der Waals surface area contributed by atoms with E-state index >= 15 is 4.39 Å². The van der Waals surface area contributed by atoms with Crippen LogP contribution >= 0.6 is 0 Å². The Balaban J connectivity index is 1.60. The van der Waals surface area contributed by atoms with Crippen molar-refractivity contribution in [3.63, 3.8) is 0 Å². The highest BCUT2D eigenvalue weighted by atomic mass is 19.1. The average molecular weight is 385 g/mol. The van der Waals surface area contributed by atoms with Crippen molar-refractivity contribution in [3.05, 3.63) is 29.2 Å². The SMILES string of the molecule is CCC1=CN(C2CC2)c2c(cc(F)c(N3C[C@H]4CCCC[C@H]4C3)c2OC)C1C. The van der Waals surface area contributed by atoms with Crippen LogP contribution in [0, 0.1) is 17.7 Å². The van der Waals surface area contributed by atoms with E-state index in [1.807, 2.05) is 6.07 Å². The predicted octanol–water partition coefficient (Wildman–Crippen LogP) is 5.84. The van der Waals surface area contributed by atoms with Gasteiger partial charge in [0.2, 0.25) is 0 Å². The Labute approximate surface area is 168 Å². The number of anilines is 2. The van der Waals surface area contributed by atoms with Crippen molar-refractivity contribution in [1.82, 2.24) is 0 Å².